The van der Waals surface area contributed by atoms with Crippen molar-refractivity contribution in [1.82, 2.24) is 0 Å². The maximum Gasteiger partial charge on any atom is 0.0170 e. The van der Waals surface area contributed by atoms with Gasteiger partial charge in [-0.05, 0) is 50.3 Å². The maximum absolute atomic E-state index is 4.08. The number of rotatable bonds is 2. The van der Waals surface area contributed by atoms with Gasteiger partial charge in [-0.3, -0.25) is 0 Å². The van der Waals surface area contributed by atoms with Gasteiger partial charge < -0.3 is 0 Å². The first kappa shape index (κ1) is 12.4. The van der Waals surface area contributed by atoms with E-state index in [1.54, 1.807) is 5.57 Å². The molecule has 1 saturated carbocycles. The van der Waals surface area contributed by atoms with E-state index >= 15 is 0 Å². The molecule has 0 saturated heterocycles. The SMILES string of the molecule is C=CC1=C(/C=C\C)C(C)=C(C)C12CCCCC2. The zero-order valence-electron chi connectivity index (χ0n) is 11.5. The molecule has 0 radical (unpaired) electrons. The fourth-order valence-corrected chi connectivity index (χ4v) is 3.71. The monoisotopic (exact) mass is 228 g/mol. The van der Waals surface area contributed by atoms with Gasteiger partial charge in [0, 0.05) is 5.41 Å². The van der Waals surface area contributed by atoms with Gasteiger partial charge in [-0.2, -0.15) is 0 Å². The van der Waals surface area contributed by atoms with Crippen LogP contribution in [0.25, 0.3) is 0 Å². The molecular formula is C17H24. The molecule has 92 valence electrons. The van der Waals surface area contributed by atoms with Crippen molar-refractivity contribution in [1.29, 1.82) is 0 Å². The van der Waals surface area contributed by atoms with Gasteiger partial charge in [0.2, 0.25) is 0 Å². The van der Waals surface area contributed by atoms with E-state index in [1.165, 1.54) is 48.8 Å². The van der Waals surface area contributed by atoms with Gasteiger partial charge in [0.05, 0.1) is 0 Å². The molecule has 0 heteroatoms. The molecule has 17 heavy (non-hydrogen) atoms. The van der Waals surface area contributed by atoms with Gasteiger partial charge in [-0.1, -0.05) is 49.6 Å². The Balaban J connectivity index is 2.55. The summed E-state index contributed by atoms with van der Waals surface area (Å²) in [4.78, 5) is 0. The Morgan fingerprint density at radius 2 is 1.76 bits per heavy atom. The Bertz CT molecular complexity index is 409. The summed E-state index contributed by atoms with van der Waals surface area (Å²) < 4.78 is 0. The Morgan fingerprint density at radius 1 is 1.12 bits per heavy atom. The molecule has 0 amide bonds. The molecule has 1 spiro atoms. The minimum absolute atomic E-state index is 0.332. The molecule has 2 aliphatic rings. The van der Waals surface area contributed by atoms with Gasteiger partial charge in [0.25, 0.3) is 0 Å². The molecule has 0 unspecified atom stereocenters. The third kappa shape index (κ3) is 1.74. The molecule has 0 heterocycles. The average Bonchev–Trinajstić information content (AvgIpc) is 2.54. The van der Waals surface area contributed by atoms with Gasteiger partial charge in [0.1, 0.15) is 0 Å². The van der Waals surface area contributed by atoms with Crippen LogP contribution >= 0.6 is 0 Å². The van der Waals surface area contributed by atoms with Crippen LogP contribution in [0.3, 0.4) is 0 Å². The second kappa shape index (κ2) is 4.68. The van der Waals surface area contributed by atoms with E-state index in [9.17, 15) is 0 Å². The molecule has 2 rings (SSSR count). The van der Waals surface area contributed by atoms with Crippen LogP contribution in [0, 0.1) is 5.41 Å². The van der Waals surface area contributed by atoms with Gasteiger partial charge >= 0.3 is 0 Å². The lowest BCUT2D eigenvalue weighted by Crippen LogP contribution is -2.25. The summed E-state index contributed by atoms with van der Waals surface area (Å²) in [5.41, 5.74) is 6.34. The van der Waals surface area contributed by atoms with Crippen LogP contribution in [0.4, 0.5) is 0 Å². The van der Waals surface area contributed by atoms with E-state index in [4.69, 9.17) is 0 Å². The Kier molecular flexibility index (Phi) is 3.42. The largest absolute Gasteiger partial charge is 0.0987 e. The Hall–Kier alpha value is -1.04. The quantitative estimate of drug-likeness (QED) is 0.598. The van der Waals surface area contributed by atoms with Crippen molar-refractivity contribution in [3.8, 4) is 0 Å². The number of hydrogen-bond donors (Lipinski definition) is 0. The third-order valence-electron chi connectivity index (χ3n) is 4.73. The minimum atomic E-state index is 0.332. The van der Waals surface area contributed by atoms with Crippen molar-refractivity contribution in [2.75, 3.05) is 0 Å². The smallest absolute Gasteiger partial charge is 0.0170 e. The van der Waals surface area contributed by atoms with Crippen molar-refractivity contribution >= 4 is 0 Å². The number of allylic oxidation sites excluding steroid dienone is 7. The second-order valence-corrected chi connectivity index (χ2v) is 5.42. The normalized spacial score (nSPS) is 24.2. The molecule has 2 aliphatic carbocycles. The Labute approximate surface area is 106 Å². The fourth-order valence-electron chi connectivity index (χ4n) is 3.71. The highest BCUT2D eigenvalue weighted by atomic mass is 14.5. The highest BCUT2D eigenvalue weighted by Crippen LogP contribution is 2.55. The lowest BCUT2D eigenvalue weighted by atomic mass is 9.66. The predicted molar refractivity (Wildman–Crippen MR) is 75.9 cm³/mol. The Morgan fingerprint density at radius 3 is 2.29 bits per heavy atom. The van der Waals surface area contributed by atoms with Crippen molar-refractivity contribution < 1.29 is 0 Å². The summed E-state index contributed by atoms with van der Waals surface area (Å²) in [6.07, 6.45) is 13.3. The second-order valence-electron chi connectivity index (χ2n) is 5.42. The van der Waals surface area contributed by atoms with E-state index in [2.05, 4.69) is 45.6 Å². The summed E-state index contributed by atoms with van der Waals surface area (Å²) >= 11 is 0. The molecule has 0 bridgehead atoms. The predicted octanol–water partition coefficient (Wildman–Crippen LogP) is 5.35. The summed E-state index contributed by atoms with van der Waals surface area (Å²) in [6.45, 7) is 10.8. The molecule has 1 fully saturated rings. The van der Waals surface area contributed by atoms with Crippen molar-refractivity contribution in [2.24, 2.45) is 5.41 Å². The van der Waals surface area contributed by atoms with E-state index in [0.29, 0.717) is 5.41 Å². The summed E-state index contributed by atoms with van der Waals surface area (Å²) in [5.74, 6) is 0. The first-order valence-corrected chi connectivity index (χ1v) is 6.85. The van der Waals surface area contributed by atoms with Crippen LogP contribution in [-0.4, -0.2) is 0 Å². The lowest BCUT2D eigenvalue weighted by Gasteiger charge is -2.37. The van der Waals surface area contributed by atoms with Crippen molar-refractivity contribution in [3.63, 3.8) is 0 Å². The standard InChI is InChI=1S/C17H24/c1-5-10-15-13(3)14(4)17(16(15)6-2)11-8-7-9-12-17/h5-6,10H,2,7-9,11-12H2,1,3-4H3/b10-5-. The molecule has 0 aromatic rings. The molecular weight excluding hydrogens is 204 g/mol. The van der Waals surface area contributed by atoms with E-state index in [-0.39, 0.29) is 0 Å². The van der Waals surface area contributed by atoms with E-state index in [0.717, 1.165) is 0 Å². The third-order valence-corrected chi connectivity index (χ3v) is 4.73. The first-order valence-electron chi connectivity index (χ1n) is 6.85. The fraction of sp³-hybridized carbons (Fsp3) is 0.529. The van der Waals surface area contributed by atoms with Crippen LogP contribution in [-0.2, 0) is 0 Å². The zero-order chi connectivity index (χ0) is 12.5. The van der Waals surface area contributed by atoms with Gasteiger partial charge in [-0.25, -0.2) is 0 Å². The minimum Gasteiger partial charge on any atom is -0.0987 e. The van der Waals surface area contributed by atoms with E-state index < -0.39 is 0 Å². The van der Waals surface area contributed by atoms with Crippen LogP contribution in [0.5, 0.6) is 0 Å². The maximum atomic E-state index is 4.08. The van der Waals surface area contributed by atoms with Crippen LogP contribution in [0.2, 0.25) is 0 Å². The summed E-state index contributed by atoms with van der Waals surface area (Å²) in [6, 6.07) is 0. The first-order chi connectivity index (χ1) is 8.17. The van der Waals surface area contributed by atoms with Crippen molar-refractivity contribution in [2.45, 2.75) is 52.9 Å². The highest BCUT2D eigenvalue weighted by Gasteiger charge is 2.42. The molecule has 0 atom stereocenters. The van der Waals surface area contributed by atoms with Crippen LogP contribution < -0.4 is 0 Å². The zero-order valence-corrected chi connectivity index (χ0v) is 11.5. The highest BCUT2D eigenvalue weighted by molar-refractivity contribution is 5.60. The molecule has 0 aromatic heterocycles. The molecule has 0 N–H and O–H groups in total. The van der Waals surface area contributed by atoms with E-state index in [1.807, 2.05) is 0 Å². The lowest BCUT2D eigenvalue weighted by molar-refractivity contribution is 0.299. The number of hydrogen-bond acceptors (Lipinski definition) is 0. The average molecular weight is 228 g/mol. The summed E-state index contributed by atoms with van der Waals surface area (Å²) in [5, 5.41) is 0. The molecule has 0 aliphatic heterocycles. The van der Waals surface area contributed by atoms with Crippen LogP contribution in [0.15, 0.2) is 47.1 Å². The van der Waals surface area contributed by atoms with Gasteiger partial charge in [-0.15, -0.1) is 0 Å². The topological polar surface area (TPSA) is 0 Å². The summed E-state index contributed by atoms with van der Waals surface area (Å²) in [7, 11) is 0. The van der Waals surface area contributed by atoms with Gasteiger partial charge in [0.15, 0.2) is 0 Å². The van der Waals surface area contributed by atoms with Crippen molar-refractivity contribution in [3.05, 3.63) is 47.1 Å². The molecule has 0 aromatic carbocycles. The molecule has 0 nitrogen and oxygen atoms in total. The van der Waals surface area contributed by atoms with Crippen LogP contribution in [0.1, 0.15) is 52.9 Å².